The van der Waals surface area contributed by atoms with E-state index in [1.54, 1.807) is 4.90 Å². The molecule has 1 aromatic heterocycles. The monoisotopic (exact) mass is 595 g/mol. The summed E-state index contributed by atoms with van der Waals surface area (Å²) in [6.07, 6.45) is 3.02. The molecule has 3 aromatic rings. The SMILES string of the molecule is [C-]#[N+]C[C@H]1CN(c2nc(OCCCN3CCOCC3)nc3c2CCN(c2cccc4cccc(C)c24)C3)CCN1C(=O)C=C. The van der Waals surface area contributed by atoms with E-state index in [1.165, 1.54) is 28.1 Å². The van der Waals surface area contributed by atoms with Gasteiger partial charge in [-0.15, -0.1) is 0 Å². The molecule has 0 saturated carbocycles. The number of anilines is 2. The van der Waals surface area contributed by atoms with Crippen molar-refractivity contribution >= 4 is 28.2 Å². The lowest BCUT2D eigenvalue weighted by Gasteiger charge is -2.41. The van der Waals surface area contributed by atoms with E-state index in [2.05, 4.69) is 69.4 Å². The maximum Gasteiger partial charge on any atom is 0.318 e. The van der Waals surface area contributed by atoms with Crippen molar-refractivity contribution in [1.29, 1.82) is 0 Å². The van der Waals surface area contributed by atoms with E-state index in [0.717, 1.165) is 69.3 Å². The molecule has 0 unspecified atom stereocenters. The molecule has 4 heterocycles. The Bertz CT molecular complexity index is 1540. The fourth-order valence-electron chi connectivity index (χ4n) is 6.68. The van der Waals surface area contributed by atoms with Crippen molar-refractivity contribution < 1.29 is 14.3 Å². The van der Waals surface area contributed by atoms with Crippen molar-refractivity contribution in [2.75, 3.05) is 82.0 Å². The maximum absolute atomic E-state index is 12.6. The predicted octanol–water partition coefficient (Wildman–Crippen LogP) is 3.72. The Labute approximate surface area is 259 Å². The molecule has 230 valence electrons. The van der Waals surface area contributed by atoms with E-state index in [-0.39, 0.29) is 18.5 Å². The van der Waals surface area contributed by atoms with E-state index >= 15 is 0 Å². The third kappa shape index (κ3) is 6.35. The van der Waals surface area contributed by atoms with Crippen molar-refractivity contribution in [2.45, 2.75) is 32.4 Å². The quantitative estimate of drug-likeness (QED) is 0.211. The number of carbonyl (C=O) groups excluding carboxylic acids is 1. The van der Waals surface area contributed by atoms with E-state index < -0.39 is 0 Å². The first-order valence-corrected chi connectivity index (χ1v) is 15.6. The summed E-state index contributed by atoms with van der Waals surface area (Å²) in [5.41, 5.74) is 4.58. The van der Waals surface area contributed by atoms with Crippen LogP contribution >= 0.6 is 0 Å². The smallest absolute Gasteiger partial charge is 0.318 e. The van der Waals surface area contributed by atoms with Gasteiger partial charge in [-0.1, -0.05) is 36.9 Å². The molecule has 0 bridgehead atoms. The average Bonchev–Trinajstić information content (AvgIpc) is 3.06. The molecule has 3 aliphatic rings. The summed E-state index contributed by atoms with van der Waals surface area (Å²) >= 11 is 0. The highest BCUT2D eigenvalue weighted by Crippen LogP contribution is 2.35. The van der Waals surface area contributed by atoms with Gasteiger partial charge in [0, 0.05) is 62.5 Å². The topological polar surface area (TPSA) is 78.6 Å². The number of hydrogen-bond acceptors (Lipinski definition) is 8. The van der Waals surface area contributed by atoms with Crippen LogP contribution in [-0.4, -0.2) is 104 Å². The molecule has 6 rings (SSSR count). The Kier molecular flexibility index (Phi) is 9.24. The predicted molar refractivity (Wildman–Crippen MR) is 172 cm³/mol. The standard InChI is InChI=1S/C34H41N7O3/c1-4-31(42)41-16-15-40(23-27(41)22-35-3)33-28-12-14-39(30-11-6-10-26-9-5-8-25(2)32(26)30)24-29(28)36-34(37-33)44-19-7-13-38-17-20-43-21-18-38/h4-6,8-11,27H,1,7,12-24H2,2H3/t27-/m0/s1. The lowest BCUT2D eigenvalue weighted by Crippen LogP contribution is -2.56. The fraction of sp³-hybridized carbons (Fsp3) is 0.471. The van der Waals surface area contributed by atoms with Crippen molar-refractivity contribution in [3.63, 3.8) is 0 Å². The minimum atomic E-state index is -0.228. The summed E-state index contributed by atoms with van der Waals surface area (Å²) in [4.78, 5) is 35.0. The minimum Gasteiger partial charge on any atom is -0.463 e. The molecule has 44 heavy (non-hydrogen) atoms. The Hall–Kier alpha value is -4.20. The largest absolute Gasteiger partial charge is 0.463 e. The number of rotatable bonds is 9. The van der Waals surface area contributed by atoms with Crippen LogP contribution in [0.3, 0.4) is 0 Å². The van der Waals surface area contributed by atoms with Crippen molar-refractivity contribution in [3.8, 4) is 6.01 Å². The molecule has 2 aromatic carbocycles. The lowest BCUT2D eigenvalue weighted by molar-refractivity contribution is -0.128. The minimum absolute atomic E-state index is 0.131. The van der Waals surface area contributed by atoms with Gasteiger partial charge in [-0.05, 0) is 42.9 Å². The van der Waals surface area contributed by atoms with Gasteiger partial charge in [-0.2, -0.15) is 9.97 Å². The number of carbonyl (C=O) groups is 1. The number of nitrogens with zero attached hydrogens (tertiary/aromatic N) is 7. The van der Waals surface area contributed by atoms with Crippen LogP contribution in [0, 0.1) is 13.5 Å². The molecular weight excluding hydrogens is 554 g/mol. The van der Waals surface area contributed by atoms with Gasteiger partial charge in [0.25, 0.3) is 0 Å². The zero-order valence-corrected chi connectivity index (χ0v) is 25.6. The highest BCUT2D eigenvalue weighted by molar-refractivity contribution is 5.97. The fourth-order valence-corrected chi connectivity index (χ4v) is 6.68. The van der Waals surface area contributed by atoms with Crippen LogP contribution in [0.1, 0.15) is 23.2 Å². The summed E-state index contributed by atoms with van der Waals surface area (Å²) in [6.45, 7) is 21.7. The van der Waals surface area contributed by atoms with Crippen molar-refractivity contribution in [2.24, 2.45) is 0 Å². The zero-order chi connectivity index (χ0) is 30.5. The molecule has 0 radical (unpaired) electrons. The number of aryl methyl sites for hydroxylation is 1. The second-order valence-corrected chi connectivity index (χ2v) is 11.7. The first-order valence-electron chi connectivity index (χ1n) is 15.6. The summed E-state index contributed by atoms with van der Waals surface area (Å²) in [5.74, 6) is 0.737. The number of amides is 1. The van der Waals surface area contributed by atoms with Gasteiger partial charge in [0.1, 0.15) is 11.9 Å². The molecule has 0 aliphatic carbocycles. The second-order valence-electron chi connectivity index (χ2n) is 11.7. The molecule has 10 heteroatoms. The number of hydrogen-bond donors (Lipinski definition) is 0. The van der Waals surface area contributed by atoms with Crippen LogP contribution in [0.5, 0.6) is 6.01 Å². The van der Waals surface area contributed by atoms with Gasteiger partial charge in [-0.25, -0.2) is 6.57 Å². The molecule has 0 spiro atoms. The second kappa shape index (κ2) is 13.6. The third-order valence-corrected chi connectivity index (χ3v) is 8.95. The molecule has 1 amide bonds. The highest BCUT2D eigenvalue weighted by Gasteiger charge is 2.35. The number of fused-ring (bicyclic) bond motifs is 2. The van der Waals surface area contributed by atoms with Crippen LogP contribution in [-0.2, 0) is 22.5 Å². The summed E-state index contributed by atoms with van der Waals surface area (Å²) < 4.78 is 11.7. The first kappa shape index (κ1) is 29.9. The molecule has 2 fully saturated rings. The Morgan fingerprint density at radius 1 is 1.11 bits per heavy atom. The van der Waals surface area contributed by atoms with Crippen molar-refractivity contribution in [1.82, 2.24) is 19.8 Å². The summed E-state index contributed by atoms with van der Waals surface area (Å²) in [5, 5.41) is 2.51. The lowest BCUT2D eigenvalue weighted by atomic mass is 9.99. The van der Waals surface area contributed by atoms with Crippen LogP contribution in [0.15, 0.2) is 49.1 Å². The number of aromatic nitrogens is 2. The molecule has 1 atom stereocenters. The number of benzene rings is 2. The van der Waals surface area contributed by atoms with Crippen LogP contribution in [0.25, 0.3) is 15.6 Å². The number of piperazine rings is 1. The van der Waals surface area contributed by atoms with E-state index in [0.29, 0.717) is 38.8 Å². The van der Waals surface area contributed by atoms with Crippen LogP contribution in [0.4, 0.5) is 11.5 Å². The van der Waals surface area contributed by atoms with E-state index in [4.69, 9.17) is 26.0 Å². The van der Waals surface area contributed by atoms with Gasteiger partial charge in [0.2, 0.25) is 12.5 Å². The van der Waals surface area contributed by atoms with Crippen molar-refractivity contribution in [3.05, 3.63) is 77.3 Å². The first-order chi connectivity index (χ1) is 21.6. The Morgan fingerprint density at radius 2 is 1.93 bits per heavy atom. The zero-order valence-electron chi connectivity index (χ0n) is 25.6. The Morgan fingerprint density at radius 3 is 2.73 bits per heavy atom. The maximum atomic E-state index is 12.6. The number of morpholine rings is 1. The molecule has 2 saturated heterocycles. The van der Waals surface area contributed by atoms with Gasteiger partial charge in [-0.3, -0.25) is 9.69 Å². The summed E-state index contributed by atoms with van der Waals surface area (Å²) in [6, 6.07) is 13.1. The van der Waals surface area contributed by atoms with E-state index in [9.17, 15) is 4.79 Å². The van der Waals surface area contributed by atoms with Gasteiger partial charge < -0.3 is 29.0 Å². The molecular formula is C34H41N7O3. The van der Waals surface area contributed by atoms with Gasteiger partial charge in [0.15, 0.2) is 0 Å². The number of ether oxygens (including phenoxy) is 2. The van der Waals surface area contributed by atoms with Crippen LogP contribution < -0.4 is 14.5 Å². The van der Waals surface area contributed by atoms with E-state index in [1.807, 2.05) is 0 Å². The normalized spacial score (nSPS) is 19.0. The van der Waals surface area contributed by atoms with Gasteiger partial charge in [0.05, 0.1) is 32.1 Å². The highest BCUT2D eigenvalue weighted by atomic mass is 16.5. The van der Waals surface area contributed by atoms with Gasteiger partial charge >= 0.3 is 6.01 Å². The third-order valence-electron chi connectivity index (χ3n) is 8.95. The Balaban J connectivity index is 1.28. The molecule has 10 nitrogen and oxygen atoms in total. The average molecular weight is 596 g/mol. The molecule has 3 aliphatic heterocycles. The molecule has 0 N–H and O–H groups in total. The van der Waals surface area contributed by atoms with Crippen LogP contribution in [0.2, 0.25) is 0 Å². The summed E-state index contributed by atoms with van der Waals surface area (Å²) in [7, 11) is 0.